The first kappa shape index (κ1) is 18.7. The van der Waals surface area contributed by atoms with Gasteiger partial charge in [0.25, 0.3) is 0 Å². The maximum atomic E-state index is 13.7. The molecule has 0 aliphatic rings. The Labute approximate surface area is 175 Å². The van der Waals surface area contributed by atoms with Crippen molar-refractivity contribution in [2.24, 2.45) is 5.10 Å². The lowest BCUT2D eigenvalue weighted by Crippen LogP contribution is -1.95. The Bertz CT molecular complexity index is 1370. The molecular weight excluding hydrogens is 400 g/mol. The van der Waals surface area contributed by atoms with Gasteiger partial charge in [0.15, 0.2) is 0 Å². The fraction of sp³-hybridized carbons (Fsp3) is 0. The molecule has 0 fully saturated rings. The lowest BCUT2D eigenvalue weighted by Gasteiger charge is -2.06. The summed E-state index contributed by atoms with van der Waals surface area (Å²) >= 11 is 0. The zero-order valence-corrected chi connectivity index (χ0v) is 16.0. The van der Waals surface area contributed by atoms with Crippen molar-refractivity contribution in [3.8, 4) is 22.5 Å². The van der Waals surface area contributed by atoms with Crippen LogP contribution < -0.4 is 5.43 Å². The Morgan fingerprint density at radius 3 is 2.55 bits per heavy atom. The van der Waals surface area contributed by atoms with Crippen molar-refractivity contribution in [2.45, 2.75) is 0 Å². The van der Waals surface area contributed by atoms with Gasteiger partial charge in [0.2, 0.25) is 0 Å². The molecule has 31 heavy (non-hydrogen) atoms. The van der Waals surface area contributed by atoms with E-state index in [1.807, 2.05) is 6.07 Å². The van der Waals surface area contributed by atoms with Crippen LogP contribution in [0.25, 0.3) is 28.4 Å². The molecule has 0 atom stereocenters. The second-order valence-electron chi connectivity index (χ2n) is 6.70. The number of rotatable bonds is 5. The van der Waals surface area contributed by atoms with Crippen LogP contribution in [0.2, 0.25) is 0 Å². The zero-order chi connectivity index (χ0) is 21.2. The number of imidazole rings is 1. The summed E-state index contributed by atoms with van der Waals surface area (Å²) in [6.07, 6.45) is 6.37. The molecule has 0 radical (unpaired) electrons. The normalized spacial score (nSPS) is 11.4. The molecule has 6 nitrogen and oxygen atoms in total. The van der Waals surface area contributed by atoms with Crippen LogP contribution in [-0.2, 0) is 0 Å². The lowest BCUT2D eigenvalue weighted by atomic mass is 10.1. The van der Waals surface area contributed by atoms with E-state index in [2.05, 4.69) is 20.5 Å². The van der Waals surface area contributed by atoms with Crippen molar-refractivity contribution in [3.05, 3.63) is 96.5 Å². The monoisotopic (exact) mass is 415 g/mol. The third-order valence-electron chi connectivity index (χ3n) is 4.70. The van der Waals surface area contributed by atoms with Gasteiger partial charge in [0.1, 0.15) is 29.4 Å². The molecule has 2 aromatic carbocycles. The van der Waals surface area contributed by atoms with Crippen LogP contribution >= 0.6 is 0 Å². The molecule has 0 spiro atoms. The molecule has 8 heteroatoms. The highest BCUT2D eigenvalue weighted by atomic mass is 19.1. The van der Waals surface area contributed by atoms with Crippen LogP contribution in [0.4, 0.5) is 14.6 Å². The Morgan fingerprint density at radius 1 is 0.968 bits per heavy atom. The predicted octanol–water partition coefficient (Wildman–Crippen LogP) is 5.38. The number of halogens is 2. The van der Waals surface area contributed by atoms with E-state index in [9.17, 15) is 8.78 Å². The fourth-order valence-corrected chi connectivity index (χ4v) is 3.22. The van der Waals surface area contributed by atoms with Gasteiger partial charge in [-0.25, -0.2) is 13.8 Å². The van der Waals surface area contributed by atoms with Crippen LogP contribution in [0, 0.1) is 11.6 Å². The number of hydrazone groups is 1. The lowest BCUT2D eigenvalue weighted by molar-refractivity contribution is 0.596. The number of anilines is 1. The van der Waals surface area contributed by atoms with Crippen LogP contribution in [0.15, 0.2) is 88.8 Å². The SMILES string of the molecule is Fc1ccc(-c2nc3occn3c2-c2ccc(N/N=C/c3ccccc3F)nc2)cc1. The van der Waals surface area contributed by atoms with E-state index in [1.165, 1.54) is 24.4 Å². The van der Waals surface area contributed by atoms with Crippen molar-refractivity contribution in [1.82, 2.24) is 14.4 Å². The molecule has 3 aromatic heterocycles. The van der Waals surface area contributed by atoms with Crippen LogP contribution in [0.5, 0.6) is 0 Å². The maximum Gasteiger partial charge on any atom is 0.306 e. The third-order valence-corrected chi connectivity index (χ3v) is 4.70. The summed E-state index contributed by atoms with van der Waals surface area (Å²) in [5, 5.41) is 4.03. The smallest absolute Gasteiger partial charge is 0.306 e. The zero-order valence-electron chi connectivity index (χ0n) is 16.0. The topological polar surface area (TPSA) is 67.7 Å². The molecule has 3 heterocycles. The van der Waals surface area contributed by atoms with Crippen molar-refractivity contribution in [1.29, 1.82) is 0 Å². The summed E-state index contributed by atoms with van der Waals surface area (Å²) in [7, 11) is 0. The van der Waals surface area contributed by atoms with Gasteiger partial charge in [0.05, 0.1) is 11.9 Å². The standard InChI is InChI=1S/C23H15F2N5O/c24-18-8-5-15(6-9-18)21-22(30-11-12-31-23(30)28-21)17-7-10-20(26-13-17)29-27-14-16-3-1-2-4-19(16)25/h1-14H,(H,26,29)/b27-14+. The summed E-state index contributed by atoms with van der Waals surface area (Å²) in [5.41, 5.74) is 6.12. The summed E-state index contributed by atoms with van der Waals surface area (Å²) in [6, 6.07) is 16.1. The highest BCUT2D eigenvalue weighted by Crippen LogP contribution is 2.33. The highest BCUT2D eigenvalue weighted by molar-refractivity contribution is 5.82. The molecule has 5 rings (SSSR count). The number of benzene rings is 2. The molecular formula is C23H15F2N5O. The number of pyridine rings is 1. The number of hydrogen-bond donors (Lipinski definition) is 1. The van der Waals surface area contributed by atoms with Crippen LogP contribution in [0.1, 0.15) is 5.56 Å². The molecule has 0 aliphatic heterocycles. The van der Waals surface area contributed by atoms with E-state index in [1.54, 1.807) is 59.5 Å². The second kappa shape index (κ2) is 7.83. The minimum absolute atomic E-state index is 0.318. The number of fused-ring (bicyclic) bond motifs is 1. The van der Waals surface area contributed by atoms with Gasteiger partial charge in [0, 0.05) is 29.1 Å². The van der Waals surface area contributed by atoms with Gasteiger partial charge in [-0.15, -0.1) is 0 Å². The first-order valence-electron chi connectivity index (χ1n) is 9.40. The molecule has 1 N–H and O–H groups in total. The summed E-state index contributed by atoms with van der Waals surface area (Å²) in [6.45, 7) is 0. The van der Waals surface area contributed by atoms with E-state index in [0.717, 1.165) is 16.8 Å². The number of nitrogens with one attached hydrogen (secondary N) is 1. The average molecular weight is 415 g/mol. The van der Waals surface area contributed by atoms with Gasteiger partial charge < -0.3 is 4.42 Å². The van der Waals surface area contributed by atoms with Crippen LogP contribution in [0.3, 0.4) is 0 Å². The second-order valence-corrected chi connectivity index (χ2v) is 6.70. The maximum absolute atomic E-state index is 13.7. The number of hydrogen-bond acceptors (Lipinski definition) is 5. The van der Waals surface area contributed by atoms with Gasteiger partial charge in [-0.2, -0.15) is 10.1 Å². The van der Waals surface area contributed by atoms with Crippen molar-refractivity contribution < 1.29 is 13.2 Å². The Morgan fingerprint density at radius 2 is 1.77 bits per heavy atom. The Kier molecular flexibility index (Phi) is 4.72. The third kappa shape index (κ3) is 3.66. The van der Waals surface area contributed by atoms with Gasteiger partial charge in [-0.05, 0) is 42.5 Å². The van der Waals surface area contributed by atoms with Gasteiger partial charge in [-0.3, -0.25) is 9.83 Å². The Balaban J connectivity index is 1.44. The van der Waals surface area contributed by atoms with Gasteiger partial charge in [-0.1, -0.05) is 18.2 Å². The van der Waals surface area contributed by atoms with Gasteiger partial charge >= 0.3 is 5.84 Å². The molecule has 0 saturated heterocycles. The summed E-state index contributed by atoms with van der Waals surface area (Å²) in [4.78, 5) is 8.91. The first-order valence-corrected chi connectivity index (χ1v) is 9.40. The minimum Gasteiger partial charge on any atom is -0.432 e. The van der Waals surface area contributed by atoms with Crippen molar-refractivity contribution in [2.75, 3.05) is 5.43 Å². The number of aromatic nitrogens is 3. The van der Waals surface area contributed by atoms with E-state index in [0.29, 0.717) is 22.9 Å². The summed E-state index contributed by atoms with van der Waals surface area (Å²) in [5.74, 6) is 0.245. The largest absolute Gasteiger partial charge is 0.432 e. The first-order chi connectivity index (χ1) is 15.2. The highest BCUT2D eigenvalue weighted by Gasteiger charge is 2.18. The molecule has 0 saturated carbocycles. The van der Waals surface area contributed by atoms with E-state index in [4.69, 9.17) is 4.42 Å². The van der Waals surface area contributed by atoms with E-state index in [-0.39, 0.29) is 11.6 Å². The number of oxazole rings is 1. The minimum atomic E-state index is -0.352. The van der Waals surface area contributed by atoms with Crippen LogP contribution in [-0.4, -0.2) is 20.6 Å². The molecule has 152 valence electrons. The quantitative estimate of drug-likeness (QED) is 0.309. The molecule has 0 amide bonds. The van der Waals surface area contributed by atoms with Crippen molar-refractivity contribution >= 4 is 17.9 Å². The predicted molar refractivity (Wildman–Crippen MR) is 114 cm³/mol. The molecule has 0 aliphatic carbocycles. The summed E-state index contributed by atoms with van der Waals surface area (Å²) < 4.78 is 34.2. The fourth-order valence-electron chi connectivity index (χ4n) is 3.22. The molecule has 0 bridgehead atoms. The average Bonchev–Trinajstić information content (AvgIpc) is 3.38. The Hall–Kier alpha value is -4.33. The molecule has 0 unspecified atom stereocenters. The van der Waals surface area contributed by atoms with E-state index < -0.39 is 0 Å². The van der Waals surface area contributed by atoms with Crippen molar-refractivity contribution in [3.63, 3.8) is 0 Å². The number of nitrogens with zero attached hydrogens (tertiary/aromatic N) is 4. The van der Waals surface area contributed by atoms with E-state index >= 15 is 0 Å². The molecule has 5 aromatic rings.